The van der Waals surface area contributed by atoms with Crippen LogP contribution in [-0.4, -0.2) is 40.3 Å². The first kappa shape index (κ1) is 23.0. The summed E-state index contributed by atoms with van der Waals surface area (Å²) in [5.41, 5.74) is 3.15. The predicted molar refractivity (Wildman–Crippen MR) is 129 cm³/mol. The maximum atomic E-state index is 12.3. The molecule has 0 atom stereocenters. The van der Waals surface area contributed by atoms with Gasteiger partial charge in [0, 0.05) is 17.0 Å². The van der Waals surface area contributed by atoms with E-state index < -0.39 is 17.7 Å². The third kappa shape index (κ3) is 4.35. The van der Waals surface area contributed by atoms with Crippen LogP contribution in [0.2, 0.25) is 5.02 Å². The van der Waals surface area contributed by atoms with Crippen LogP contribution in [0.5, 0.6) is 0 Å². The standard InChI is InChI=1S/C24H24ClN3O5S/c25-17-7-6-16-15(10-11-26-14-24(16)32-20(29)8-9-21(30)33-24)22(17)34-13-3-12-28-19-5-2-1-4-18(19)27-23(28)31/h1-2,4-7,26H,3,8-14H2,(H,27,31). The molecule has 0 saturated carbocycles. The molecule has 178 valence electrons. The van der Waals surface area contributed by atoms with Crippen LogP contribution in [-0.2, 0) is 37.8 Å². The number of aromatic amines is 1. The summed E-state index contributed by atoms with van der Waals surface area (Å²) < 4.78 is 13.1. The van der Waals surface area contributed by atoms with E-state index in [0.717, 1.165) is 33.7 Å². The summed E-state index contributed by atoms with van der Waals surface area (Å²) in [6.45, 7) is 1.39. The number of H-pyrrole nitrogens is 1. The summed E-state index contributed by atoms with van der Waals surface area (Å²) in [4.78, 5) is 40.6. The summed E-state index contributed by atoms with van der Waals surface area (Å²) in [5, 5.41) is 3.82. The highest BCUT2D eigenvalue weighted by molar-refractivity contribution is 7.99. The number of aromatic nitrogens is 2. The lowest BCUT2D eigenvalue weighted by Gasteiger charge is -2.32. The SMILES string of the molecule is O=C1CCC(=O)OC2(CNCCc3c2ccc(Cl)c3SCCCn2c(=O)[nH]c3ccccc32)O1. The molecule has 1 aromatic heterocycles. The molecule has 0 bridgehead atoms. The van der Waals surface area contributed by atoms with Crippen LogP contribution in [0.1, 0.15) is 30.4 Å². The van der Waals surface area contributed by atoms with Gasteiger partial charge in [-0.25, -0.2) is 4.79 Å². The Bertz CT molecular complexity index is 1300. The number of hydrogen-bond acceptors (Lipinski definition) is 7. The summed E-state index contributed by atoms with van der Waals surface area (Å²) in [7, 11) is 0. The Morgan fingerprint density at radius 1 is 1.03 bits per heavy atom. The molecule has 2 N–H and O–H groups in total. The van der Waals surface area contributed by atoms with Crippen LogP contribution in [0.15, 0.2) is 46.1 Å². The molecule has 2 aromatic carbocycles. The molecule has 0 amide bonds. The fraction of sp³-hybridized carbons (Fsp3) is 0.375. The summed E-state index contributed by atoms with van der Waals surface area (Å²) in [6.07, 6.45) is 1.40. The normalized spacial score (nSPS) is 17.7. The van der Waals surface area contributed by atoms with Crippen molar-refractivity contribution in [1.29, 1.82) is 0 Å². The zero-order chi connectivity index (χ0) is 23.7. The number of thioether (sulfide) groups is 1. The van der Waals surface area contributed by atoms with Crippen LogP contribution < -0.4 is 11.0 Å². The second kappa shape index (κ2) is 9.48. The predicted octanol–water partition coefficient (Wildman–Crippen LogP) is 3.34. The molecule has 2 aliphatic rings. The Morgan fingerprint density at radius 2 is 1.79 bits per heavy atom. The van der Waals surface area contributed by atoms with Gasteiger partial charge < -0.3 is 19.8 Å². The quantitative estimate of drug-likeness (QED) is 0.314. The molecule has 0 radical (unpaired) electrons. The maximum Gasteiger partial charge on any atom is 0.326 e. The van der Waals surface area contributed by atoms with Crippen molar-refractivity contribution in [3.63, 3.8) is 0 Å². The minimum absolute atomic E-state index is 0.00167. The van der Waals surface area contributed by atoms with Crippen molar-refractivity contribution in [2.24, 2.45) is 0 Å². The van der Waals surface area contributed by atoms with E-state index in [9.17, 15) is 14.4 Å². The average molecular weight is 502 g/mol. The third-order valence-electron chi connectivity index (χ3n) is 6.08. The van der Waals surface area contributed by atoms with Crippen LogP contribution in [0, 0.1) is 0 Å². The van der Waals surface area contributed by atoms with Crippen molar-refractivity contribution in [2.45, 2.75) is 42.9 Å². The Hall–Kier alpha value is -2.75. The van der Waals surface area contributed by atoms with E-state index in [1.54, 1.807) is 28.5 Å². The van der Waals surface area contributed by atoms with E-state index in [-0.39, 0.29) is 25.1 Å². The summed E-state index contributed by atoms with van der Waals surface area (Å²) in [5.74, 6) is -1.70. The largest absolute Gasteiger partial charge is 0.416 e. The number of para-hydroxylation sites is 2. The molecule has 1 spiro atoms. The van der Waals surface area contributed by atoms with Crippen LogP contribution in [0.25, 0.3) is 11.0 Å². The molecule has 3 aromatic rings. The number of aryl methyl sites for hydroxylation is 1. The van der Waals surface area contributed by atoms with Gasteiger partial charge in [-0.1, -0.05) is 23.7 Å². The van der Waals surface area contributed by atoms with Crippen molar-refractivity contribution in [3.05, 3.63) is 63.0 Å². The molecule has 0 unspecified atom stereocenters. The number of benzene rings is 2. The molecular formula is C24H24ClN3O5S. The first-order valence-electron chi connectivity index (χ1n) is 11.2. The van der Waals surface area contributed by atoms with E-state index in [2.05, 4.69) is 10.3 Å². The van der Waals surface area contributed by atoms with Gasteiger partial charge in [-0.15, -0.1) is 11.8 Å². The van der Waals surface area contributed by atoms with Crippen LogP contribution in [0.4, 0.5) is 0 Å². The number of nitrogens with zero attached hydrogens (tertiary/aromatic N) is 1. The van der Waals surface area contributed by atoms with E-state index in [0.29, 0.717) is 30.1 Å². The Kier molecular flexibility index (Phi) is 6.42. The van der Waals surface area contributed by atoms with E-state index in [1.807, 2.05) is 24.3 Å². The van der Waals surface area contributed by atoms with Gasteiger partial charge in [0.15, 0.2) is 0 Å². The molecule has 5 rings (SSSR count). The zero-order valence-corrected chi connectivity index (χ0v) is 20.0. The fourth-order valence-electron chi connectivity index (χ4n) is 4.52. The second-order valence-corrected chi connectivity index (χ2v) is 9.84. The number of nitrogens with one attached hydrogen (secondary N) is 2. The Morgan fingerprint density at radius 3 is 2.59 bits per heavy atom. The Balaban J connectivity index is 1.39. The van der Waals surface area contributed by atoms with Gasteiger partial charge in [0.1, 0.15) is 0 Å². The number of esters is 2. The maximum absolute atomic E-state index is 12.3. The van der Waals surface area contributed by atoms with Gasteiger partial charge >= 0.3 is 17.6 Å². The number of carbonyl (C=O) groups excluding carboxylic acids is 2. The molecule has 8 nitrogen and oxygen atoms in total. The molecule has 10 heteroatoms. The van der Waals surface area contributed by atoms with Crippen molar-refractivity contribution in [3.8, 4) is 0 Å². The number of carbonyl (C=O) groups is 2. The van der Waals surface area contributed by atoms with Gasteiger partial charge in [0.05, 0.1) is 35.4 Å². The molecule has 34 heavy (non-hydrogen) atoms. The molecule has 2 aliphatic heterocycles. The second-order valence-electron chi connectivity index (χ2n) is 8.33. The Labute approximate surface area is 204 Å². The monoisotopic (exact) mass is 501 g/mol. The molecule has 0 aliphatic carbocycles. The summed E-state index contributed by atoms with van der Waals surface area (Å²) in [6, 6.07) is 11.2. The highest BCUT2D eigenvalue weighted by Gasteiger charge is 2.45. The third-order valence-corrected chi connectivity index (χ3v) is 7.75. The number of fused-ring (bicyclic) bond motifs is 3. The van der Waals surface area contributed by atoms with Gasteiger partial charge in [-0.2, -0.15) is 0 Å². The smallest absolute Gasteiger partial charge is 0.326 e. The number of rotatable bonds is 5. The highest BCUT2D eigenvalue weighted by Crippen LogP contribution is 2.41. The zero-order valence-electron chi connectivity index (χ0n) is 18.4. The van der Waals surface area contributed by atoms with Crippen molar-refractivity contribution >= 4 is 46.3 Å². The first-order chi connectivity index (χ1) is 16.5. The fourth-order valence-corrected chi connectivity index (χ4v) is 5.93. The van der Waals surface area contributed by atoms with Crippen molar-refractivity contribution in [1.82, 2.24) is 14.9 Å². The average Bonchev–Trinajstić information content (AvgIpc) is 2.92. The minimum Gasteiger partial charge on any atom is -0.416 e. The van der Waals surface area contributed by atoms with E-state index >= 15 is 0 Å². The van der Waals surface area contributed by atoms with E-state index in [4.69, 9.17) is 21.1 Å². The van der Waals surface area contributed by atoms with Crippen LogP contribution in [0.3, 0.4) is 0 Å². The number of imidazole rings is 1. The lowest BCUT2D eigenvalue weighted by Crippen LogP contribution is -2.43. The highest BCUT2D eigenvalue weighted by atomic mass is 35.5. The lowest BCUT2D eigenvalue weighted by molar-refractivity contribution is -0.225. The van der Waals surface area contributed by atoms with Gasteiger partial charge in [-0.3, -0.25) is 14.2 Å². The van der Waals surface area contributed by atoms with Gasteiger partial charge in [0.2, 0.25) is 0 Å². The lowest BCUT2D eigenvalue weighted by atomic mass is 9.98. The van der Waals surface area contributed by atoms with E-state index in [1.165, 1.54) is 0 Å². The molecule has 1 saturated heterocycles. The van der Waals surface area contributed by atoms with Crippen molar-refractivity contribution in [2.75, 3.05) is 18.8 Å². The molecule has 1 fully saturated rings. The van der Waals surface area contributed by atoms with Gasteiger partial charge in [-0.05, 0) is 55.0 Å². The summed E-state index contributed by atoms with van der Waals surface area (Å²) >= 11 is 8.19. The topological polar surface area (TPSA) is 102 Å². The van der Waals surface area contributed by atoms with Gasteiger partial charge in [0.25, 0.3) is 5.79 Å². The van der Waals surface area contributed by atoms with Crippen molar-refractivity contribution < 1.29 is 19.1 Å². The van der Waals surface area contributed by atoms with Crippen LogP contribution >= 0.6 is 23.4 Å². The molecule has 3 heterocycles. The first-order valence-corrected chi connectivity index (χ1v) is 12.6. The number of hydrogen-bond donors (Lipinski definition) is 2. The molecular weight excluding hydrogens is 478 g/mol. The minimum atomic E-state index is -1.49. The number of halogens is 1. The number of ether oxygens (including phenoxy) is 2.